The molecule has 0 aromatic rings. The molecule has 1 heterocycles. The molecule has 0 saturated carbocycles. The van der Waals surface area contributed by atoms with Crippen molar-refractivity contribution in [2.75, 3.05) is 32.8 Å². The molecule has 0 spiro atoms. The minimum atomic E-state index is -0.432. The van der Waals surface area contributed by atoms with Gasteiger partial charge < -0.3 is 25.4 Å². The second-order valence-corrected chi connectivity index (χ2v) is 6.98. The van der Waals surface area contributed by atoms with Crippen molar-refractivity contribution in [1.29, 1.82) is 0 Å². The van der Waals surface area contributed by atoms with E-state index in [1.165, 1.54) is 0 Å². The lowest BCUT2D eigenvalue weighted by Crippen LogP contribution is -2.43. The molecule has 130 valence electrons. The number of ether oxygens (including phenoxy) is 2. The smallest absolute Gasteiger partial charge is 0.410 e. The molecular weight excluding hydrogens is 282 g/mol. The van der Waals surface area contributed by atoms with Gasteiger partial charge in [-0.05, 0) is 53.5 Å². The average molecular weight is 315 g/mol. The van der Waals surface area contributed by atoms with E-state index < -0.39 is 5.60 Å². The Labute approximate surface area is 134 Å². The highest BCUT2D eigenvalue weighted by molar-refractivity contribution is 5.68. The molecular formula is C16H33N3O3. The van der Waals surface area contributed by atoms with E-state index in [9.17, 15) is 4.79 Å². The van der Waals surface area contributed by atoms with E-state index in [0.717, 1.165) is 32.4 Å². The summed E-state index contributed by atoms with van der Waals surface area (Å²) in [5.41, 5.74) is 5.11. The van der Waals surface area contributed by atoms with E-state index in [1.807, 2.05) is 20.8 Å². The molecule has 1 saturated heterocycles. The molecule has 6 heteroatoms. The third kappa shape index (κ3) is 7.96. The summed E-state index contributed by atoms with van der Waals surface area (Å²) in [6.07, 6.45) is 2.78. The molecule has 1 aliphatic heterocycles. The lowest BCUT2D eigenvalue weighted by molar-refractivity contribution is -0.0117. The number of nitrogens with one attached hydrogen (secondary N) is 1. The summed E-state index contributed by atoms with van der Waals surface area (Å²) in [4.78, 5) is 13.7. The summed E-state index contributed by atoms with van der Waals surface area (Å²) >= 11 is 0. The van der Waals surface area contributed by atoms with E-state index in [1.54, 1.807) is 4.90 Å². The minimum Gasteiger partial charge on any atom is -0.444 e. The summed E-state index contributed by atoms with van der Waals surface area (Å²) in [5.74, 6) is 0. The zero-order valence-electron chi connectivity index (χ0n) is 14.6. The van der Waals surface area contributed by atoms with Gasteiger partial charge in [0, 0.05) is 32.3 Å². The highest BCUT2D eigenvalue weighted by atomic mass is 16.6. The Hall–Kier alpha value is -0.850. The van der Waals surface area contributed by atoms with Crippen LogP contribution in [0, 0.1) is 0 Å². The number of rotatable bonds is 7. The van der Waals surface area contributed by atoms with Crippen LogP contribution in [0.2, 0.25) is 0 Å². The summed E-state index contributed by atoms with van der Waals surface area (Å²) in [6, 6.07) is 0.358. The van der Waals surface area contributed by atoms with Gasteiger partial charge in [0.2, 0.25) is 0 Å². The van der Waals surface area contributed by atoms with Gasteiger partial charge in [0.1, 0.15) is 5.60 Å². The Morgan fingerprint density at radius 1 is 1.36 bits per heavy atom. The Bertz CT molecular complexity index is 323. The van der Waals surface area contributed by atoms with Crippen LogP contribution in [-0.4, -0.2) is 61.5 Å². The number of carbonyl (C=O) groups is 1. The van der Waals surface area contributed by atoms with Gasteiger partial charge in [0.15, 0.2) is 0 Å². The molecule has 1 rings (SSSR count). The van der Waals surface area contributed by atoms with Crippen LogP contribution in [0.4, 0.5) is 4.79 Å². The molecule has 3 N–H and O–H groups in total. The molecule has 1 unspecified atom stereocenters. The maximum Gasteiger partial charge on any atom is 0.410 e. The van der Waals surface area contributed by atoms with Crippen LogP contribution in [0.5, 0.6) is 0 Å². The van der Waals surface area contributed by atoms with Crippen molar-refractivity contribution in [2.24, 2.45) is 5.73 Å². The molecule has 0 aliphatic carbocycles. The van der Waals surface area contributed by atoms with Crippen molar-refractivity contribution in [1.82, 2.24) is 10.2 Å². The summed E-state index contributed by atoms with van der Waals surface area (Å²) in [6.45, 7) is 11.5. The predicted octanol–water partition coefficient (Wildman–Crippen LogP) is 1.73. The van der Waals surface area contributed by atoms with Crippen LogP contribution in [0.25, 0.3) is 0 Å². The maximum absolute atomic E-state index is 12.0. The average Bonchev–Trinajstić information content (AvgIpc) is 2.45. The number of nitrogens with two attached hydrogens (primary N) is 1. The standard InChI is InChI=1S/C16H33N3O3/c1-13(12-17)18-8-5-11-21-14-6-9-19(10-7-14)15(20)22-16(2,3)4/h13-14,18H,5-12,17H2,1-4H3. The Morgan fingerprint density at radius 2 is 2.00 bits per heavy atom. The van der Waals surface area contributed by atoms with Crippen molar-refractivity contribution < 1.29 is 14.3 Å². The Balaban J connectivity index is 2.11. The quantitative estimate of drug-likeness (QED) is 0.700. The number of hydrogen-bond donors (Lipinski definition) is 2. The molecule has 1 fully saturated rings. The molecule has 22 heavy (non-hydrogen) atoms. The highest BCUT2D eigenvalue weighted by Crippen LogP contribution is 2.17. The van der Waals surface area contributed by atoms with E-state index >= 15 is 0 Å². The number of carbonyl (C=O) groups excluding carboxylic acids is 1. The van der Waals surface area contributed by atoms with Crippen LogP contribution in [0.1, 0.15) is 47.0 Å². The fourth-order valence-electron chi connectivity index (χ4n) is 2.29. The number of amides is 1. The molecule has 6 nitrogen and oxygen atoms in total. The van der Waals surface area contributed by atoms with Gasteiger partial charge in [0.25, 0.3) is 0 Å². The first-order chi connectivity index (χ1) is 10.3. The molecule has 0 aromatic carbocycles. The number of piperidine rings is 1. The van der Waals surface area contributed by atoms with E-state index in [2.05, 4.69) is 12.2 Å². The molecule has 0 radical (unpaired) electrons. The van der Waals surface area contributed by atoms with Gasteiger partial charge in [0.05, 0.1) is 6.10 Å². The van der Waals surface area contributed by atoms with Crippen LogP contribution in [0.15, 0.2) is 0 Å². The number of hydrogen-bond acceptors (Lipinski definition) is 5. The monoisotopic (exact) mass is 315 g/mol. The largest absolute Gasteiger partial charge is 0.444 e. The van der Waals surface area contributed by atoms with Crippen molar-refractivity contribution in [3.8, 4) is 0 Å². The fourth-order valence-corrected chi connectivity index (χ4v) is 2.29. The van der Waals surface area contributed by atoms with Crippen molar-refractivity contribution in [2.45, 2.75) is 64.7 Å². The van der Waals surface area contributed by atoms with Crippen LogP contribution >= 0.6 is 0 Å². The van der Waals surface area contributed by atoms with Gasteiger partial charge in [-0.1, -0.05) is 0 Å². The second-order valence-electron chi connectivity index (χ2n) is 6.98. The lowest BCUT2D eigenvalue weighted by atomic mass is 10.1. The van der Waals surface area contributed by atoms with Gasteiger partial charge in [-0.25, -0.2) is 4.79 Å². The third-order valence-electron chi connectivity index (χ3n) is 3.61. The van der Waals surface area contributed by atoms with E-state index in [4.69, 9.17) is 15.2 Å². The van der Waals surface area contributed by atoms with Gasteiger partial charge in [-0.3, -0.25) is 0 Å². The van der Waals surface area contributed by atoms with Crippen LogP contribution < -0.4 is 11.1 Å². The molecule has 0 aromatic heterocycles. The van der Waals surface area contributed by atoms with Crippen LogP contribution in [-0.2, 0) is 9.47 Å². The number of likely N-dealkylation sites (tertiary alicyclic amines) is 1. The predicted molar refractivity (Wildman–Crippen MR) is 87.9 cm³/mol. The molecule has 0 bridgehead atoms. The first kappa shape index (κ1) is 19.2. The highest BCUT2D eigenvalue weighted by Gasteiger charge is 2.26. The Morgan fingerprint density at radius 3 is 2.55 bits per heavy atom. The third-order valence-corrected chi connectivity index (χ3v) is 3.61. The van der Waals surface area contributed by atoms with Gasteiger partial charge in [-0.2, -0.15) is 0 Å². The fraction of sp³-hybridized carbons (Fsp3) is 0.938. The minimum absolute atomic E-state index is 0.217. The summed E-state index contributed by atoms with van der Waals surface area (Å²) in [5, 5.41) is 3.34. The van der Waals surface area contributed by atoms with Crippen LogP contribution in [0.3, 0.4) is 0 Å². The van der Waals surface area contributed by atoms with E-state index in [0.29, 0.717) is 25.7 Å². The first-order valence-electron chi connectivity index (χ1n) is 8.35. The van der Waals surface area contributed by atoms with Gasteiger partial charge >= 0.3 is 6.09 Å². The molecule has 1 aliphatic rings. The Kier molecular flexibility index (Phi) is 8.14. The van der Waals surface area contributed by atoms with Crippen molar-refractivity contribution >= 4 is 6.09 Å². The summed E-state index contributed by atoms with van der Waals surface area (Å²) in [7, 11) is 0. The normalized spacial score (nSPS) is 18.3. The lowest BCUT2D eigenvalue weighted by Gasteiger charge is -2.33. The zero-order chi connectivity index (χ0) is 16.6. The van der Waals surface area contributed by atoms with Crippen molar-refractivity contribution in [3.63, 3.8) is 0 Å². The topological polar surface area (TPSA) is 76.8 Å². The maximum atomic E-state index is 12.0. The SMILES string of the molecule is CC(CN)NCCCOC1CCN(C(=O)OC(C)(C)C)CC1. The second kappa shape index (κ2) is 9.33. The van der Waals surface area contributed by atoms with Crippen molar-refractivity contribution in [3.05, 3.63) is 0 Å². The molecule has 1 atom stereocenters. The molecule has 1 amide bonds. The first-order valence-corrected chi connectivity index (χ1v) is 8.35. The number of nitrogens with zero attached hydrogens (tertiary/aromatic N) is 1. The van der Waals surface area contributed by atoms with E-state index in [-0.39, 0.29) is 12.2 Å². The zero-order valence-corrected chi connectivity index (χ0v) is 14.6. The van der Waals surface area contributed by atoms with Gasteiger partial charge in [-0.15, -0.1) is 0 Å². The summed E-state index contributed by atoms with van der Waals surface area (Å²) < 4.78 is 11.3.